The van der Waals surface area contributed by atoms with Crippen molar-refractivity contribution in [2.75, 3.05) is 6.61 Å². The van der Waals surface area contributed by atoms with Crippen molar-refractivity contribution in [3.63, 3.8) is 0 Å². The monoisotopic (exact) mass is 238 g/mol. The molecule has 0 fully saturated rings. The number of hydrogen-bond acceptors (Lipinski definition) is 6. The summed E-state index contributed by atoms with van der Waals surface area (Å²) in [4.78, 5) is 20.1. The third kappa shape index (κ3) is 2.08. The highest BCUT2D eigenvalue weighted by Crippen LogP contribution is 2.22. The zero-order valence-electron chi connectivity index (χ0n) is 8.85. The number of aromatic amines is 1. The Morgan fingerprint density at radius 1 is 1.62 bits per heavy atom. The molecule has 2 aromatic heterocycles. The van der Waals surface area contributed by atoms with Crippen LogP contribution in [0.5, 0.6) is 0 Å². The van der Waals surface area contributed by atoms with E-state index in [2.05, 4.69) is 20.2 Å². The van der Waals surface area contributed by atoms with Crippen LogP contribution in [0.2, 0.25) is 0 Å². The van der Waals surface area contributed by atoms with E-state index in [1.54, 1.807) is 13.8 Å². The molecule has 0 saturated carbocycles. The molecule has 6 nitrogen and oxygen atoms in total. The lowest BCUT2D eigenvalue weighted by molar-refractivity contribution is 0.0532. The molecule has 0 bridgehead atoms. The second-order valence-corrected chi connectivity index (χ2v) is 4.03. The quantitative estimate of drug-likeness (QED) is 0.818. The highest BCUT2D eigenvalue weighted by Gasteiger charge is 2.14. The summed E-state index contributed by atoms with van der Waals surface area (Å²) in [5.74, 6) is 0.847. The third-order valence-corrected chi connectivity index (χ3v) is 2.74. The van der Waals surface area contributed by atoms with E-state index in [-0.39, 0.29) is 5.97 Å². The molecular weight excluding hydrogens is 228 g/mol. The van der Waals surface area contributed by atoms with Gasteiger partial charge in [0.2, 0.25) is 5.82 Å². The molecule has 1 N–H and O–H groups in total. The Labute approximate surface area is 95.7 Å². The maximum Gasteiger partial charge on any atom is 0.349 e. The maximum absolute atomic E-state index is 11.4. The van der Waals surface area contributed by atoms with Gasteiger partial charge < -0.3 is 4.74 Å². The molecule has 0 aliphatic carbocycles. The summed E-state index contributed by atoms with van der Waals surface area (Å²) >= 11 is 1.22. The number of esters is 1. The first-order valence-corrected chi connectivity index (χ1v) is 5.54. The lowest BCUT2D eigenvalue weighted by atomic mass is 10.5. The van der Waals surface area contributed by atoms with Gasteiger partial charge in [-0.15, -0.1) is 11.3 Å². The van der Waals surface area contributed by atoms with Crippen LogP contribution in [0.15, 0.2) is 6.20 Å². The molecule has 0 aliphatic rings. The number of nitrogens with one attached hydrogen (secondary N) is 1. The van der Waals surface area contributed by atoms with Crippen molar-refractivity contribution in [2.24, 2.45) is 0 Å². The molecule has 84 valence electrons. The van der Waals surface area contributed by atoms with Crippen LogP contribution in [0.25, 0.3) is 10.8 Å². The van der Waals surface area contributed by atoms with Crippen molar-refractivity contribution in [3.8, 4) is 10.8 Å². The van der Waals surface area contributed by atoms with Gasteiger partial charge in [0.25, 0.3) is 0 Å². The SMILES string of the molecule is CCOC(=O)c1cnc(-c2n[nH]c(C)n2)s1. The number of carbonyl (C=O) groups is 1. The van der Waals surface area contributed by atoms with Gasteiger partial charge in [0.15, 0.2) is 5.01 Å². The van der Waals surface area contributed by atoms with Gasteiger partial charge in [-0.25, -0.2) is 14.8 Å². The van der Waals surface area contributed by atoms with Gasteiger partial charge >= 0.3 is 5.97 Å². The van der Waals surface area contributed by atoms with Crippen LogP contribution in [-0.4, -0.2) is 32.7 Å². The first-order chi connectivity index (χ1) is 7.70. The molecule has 0 atom stereocenters. The van der Waals surface area contributed by atoms with Crippen LogP contribution >= 0.6 is 11.3 Å². The number of ether oxygens (including phenoxy) is 1. The minimum absolute atomic E-state index is 0.353. The number of carbonyl (C=O) groups excluding carboxylic acids is 1. The van der Waals surface area contributed by atoms with E-state index in [4.69, 9.17) is 4.74 Å². The number of thiazole rings is 1. The van der Waals surface area contributed by atoms with E-state index in [9.17, 15) is 4.79 Å². The summed E-state index contributed by atoms with van der Waals surface area (Å²) in [6.07, 6.45) is 1.48. The van der Waals surface area contributed by atoms with Gasteiger partial charge in [0.1, 0.15) is 10.7 Å². The van der Waals surface area contributed by atoms with Crippen molar-refractivity contribution in [3.05, 3.63) is 16.9 Å². The average Bonchev–Trinajstić information content (AvgIpc) is 2.85. The highest BCUT2D eigenvalue weighted by molar-refractivity contribution is 7.16. The number of hydrogen-bond donors (Lipinski definition) is 1. The Bertz CT molecular complexity index is 505. The van der Waals surface area contributed by atoms with E-state index >= 15 is 0 Å². The predicted octanol–water partition coefficient (Wildman–Crippen LogP) is 1.41. The number of H-pyrrole nitrogens is 1. The number of aromatic nitrogens is 4. The second-order valence-electron chi connectivity index (χ2n) is 2.99. The largest absolute Gasteiger partial charge is 0.462 e. The van der Waals surface area contributed by atoms with Crippen LogP contribution in [0.4, 0.5) is 0 Å². The molecule has 2 aromatic rings. The topological polar surface area (TPSA) is 80.8 Å². The highest BCUT2D eigenvalue weighted by atomic mass is 32.1. The van der Waals surface area contributed by atoms with E-state index in [0.29, 0.717) is 28.1 Å². The number of nitrogens with zero attached hydrogens (tertiary/aromatic N) is 3. The van der Waals surface area contributed by atoms with Crippen molar-refractivity contribution >= 4 is 17.3 Å². The molecule has 0 aliphatic heterocycles. The Morgan fingerprint density at radius 2 is 2.44 bits per heavy atom. The molecule has 0 saturated heterocycles. The minimum Gasteiger partial charge on any atom is -0.462 e. The molecule has 0 amide bonds. The van der Waals surface area contributed by atoms with Gasteiger partial charge in [-0.05, 0) is 13.8 Å². The van der Waals surface area contributed by atoms with Crippen molar-refractivity contribution < 1.29 is 9.53 Å². The first-order valence-electron chi connectivity index (χ1n) is 4.73. The van der Waals surface area contributed by atoms with Crippen LogP contribution in [0.1, 0.15) is 22.4 Å². The smallest absolute Gasteiger partial charge is 0.349 e. The Kier molecular flexibility index (Phi) is 2.95. The average molecular weight is 238 g/mol. The van der Waals surface area contributed by atoms with Gasteiger partial charge in [-0.3, -0.25) is 5.10 Å². The lowest BCUT2D eigenvalue weighted by Crippen LogP contribution is -2.01. The summed E-state index contributed by atoms with van der Waals surface area (Å²) in [6, 6.07) is 0. The second kappa shape index (κ2) is 4.40. The Balaban J connectivity index is 2.22. The summed E-state index contributed by atoms with van der Waals surface area (Å²) in [5, 5.41) is 7.29. The van der Waals surface area contributed by atoms with Crippen LogP contribution in [-0.2, 0) is 4.74 Å². The van der Waals surface area contributed by atoms with E-state index in [1.807, 2.05) is 0 Å². The first kappa shape index (κ1) is 10.7. The van der Waals surface area contributed by atoms with Crippen LogP contribution < -0.4 is 0 Å². The van der Waals surface area contributed by atoms with Crippen LogP contribution in [0.3, 0.4) is 0 Å². The molecule has 0 spiro atoms. The molecule has 0 unspecified atom stereocenters. The van der Waals surface area contributed by atoms with Gasteiger partial charge in [-0.2, -0.15) is 5.10 Å². The summed E-state index contributed by atoms with van der Waals surface area (Å²) in [7, 11) is 0. The number of aryl methyl sites for hydroxylation is 1. The fourth-order valence-corrected chi connectivity index (χ4v) is 1.86. The summed E-state index contributed by atoms with van der Waals surface area (Å²) < 4.78 is 4.87. The van der Waals surface area contributed by atoms with E-state index in [1.165, 1.54) is 17.5 Å². The fourth-order valence-electron chi connectivity index (χ4n) is 1.11. The van der Waals surface area contributed by atoms with Crippen LogP contribution in [0, 0.1) is 6.92 Å². The molecule has 2 heterocycles. The van der Waals surface area contributed by atoms with Gasteiger partial charge in [-0.1, -0.05) is 0 Å². The molecular formula is C9H10N4O2S. The van der Waals surface area contributed by atoms with Crippen molar-refractivity contribution in [1.29, 1.82) is 0 Å². The molecule has 2 rings (SSSR count). The molecule has 0 radical (unpaired) electrons. The van der Waals surface area contributed by atoms with E-state index in [0.717, 1.165) is 0 Å². The van der Waals surface area contributed by atoms with Gasteiger partial charge in [0, 0.05) is 0 Å². The fraction of sp³-hybridized carbons (Fsp3) is 0.333. The summed E-state index contributed by atoms with van der Waals surface area (Å²) in [6.45, 7) is 3.92. The minimum atomic E-state index is -0.362. The lowest BCUT2D eigenvalue weighted by Gasteiger charge is -1.95. The standard InChI is InChI=1S/C9H10N4O2S/c1-3-15-9(14)6-4-10-8(16-6)7-11-5(2)12-13-7/h4H,3H2,1-2H3,(H,11,12,13). The molecule has 0 aromatic carbocycles. The van der Waals surface area contributed by atoms with Crippen molar-refractivity contribution in [1.82, 2.24) is 20.2 Å². The van der Waals surface area contributed by atoms with E-state index < -0.39 is 0 Å². The number of rotatable bonds is 3. The molecule has 7 heteroatoms. The summed E-state index contributed by atoms with van der Waals surface area (Å²) in [5.41, 5.74) is 0. The normalized spacial score (nSPS) is 10.4. The Hall–Kier alpha value is -1.76. The van der Waals surface area contributed by atoms with Crippen molar-refractivity contribution in [2.45, 2.75) is 13.8 Å². The Morgan fingerprint density at radius 3 is 3.06 bits per heavy atom. The van der Waals surface area contributed by atoms with Gasteiger partial charge in [0.05, 0.1) is 12.8 Å². The zero-order valence-corrected chi connectivity index (χ0v) is 9.67. The maximum atomic E-state index is 11.4. The molecule has 16 heavy (non-hydrogen) atoms. The zero-order chi connectivity index (χ0) is 11.5. The predicted molar refractivity (Wildman–Crippen MR) is 58.2 cm³/mol. The third-order valence-electron chi connectivity index (χ3n) is 1.77.